The Morgan fingerprint density at radius 1 is 1.44 bits per heavy atom. The number of rotatable bonds is 3. The molecule has 96 valence electrons. The molecule has 1 aliphatic rings. The van der Waals surface area contributed by atoms with E-state index in [1.807, 2.05) is 12.1 Å². The van der Waals surface area contributed by atoms with Crippen LogP contribution in [0.3, 0.4) is 0 Å². The Kier molecular flexibility index (Phi) is 4.16. The molecular formula is C14H20N4. The molecule has 1 fully saturated rings. The predicted octanol–water partition coefficient (Wildman–Crippen LogP) is 1.91. The lowest BCUT2D eigenvalue weighted by Gasteiger charge is -2.38. The first-order valence-electron chi connectivity index (χ1n) is 6.55. The van der Waals surface area contributed by atoms with Gasteiger partial charge < -0.3 is 10.6 Å². The summed E-state index contributed by atoms with van der Waals surface area (Å²) in [6.07, 6.45) is 6.75. The monoisotopic (exact) mass is 244 g/mol. The second kappa shape index (κ2) is 5.83. The Morgan fingerprint density at radius 3 is 2.83 bits per heavy atom. The molecule has 2 N–H and O–H groups in total. The molecule has 2 rings (SSSR count). The van der Waals surface area contributed by atoms with Gasteiger partial charge in [-0.05, 0) is 37.4 Å². The van der Waals surface area contributed by atoms with Crippen LogP contribution in [0.2, 0.25) is 0 Å². The average Bonchev–Trinajstić information content (AvgIpc) is 2.46. The van der Waals surface area contributed by atoms with E-state index in [1.54, 1.807) is 12.3 Å². The van der Waals surface area contributed by atoms with Crippen LogP contribution < -0.4 is 10.6 Å². The van der Waals surface area contributed by atoms with Crippen molar-refractivity contribution in [1.82, 2.24) is 4.98 Å². The van der Waals surface area contributed by atoms with Crippen LogP contribution in [0.5, 0.6) is 0 Å². The zero-order chi connectivity index (χ0) is 13.0. The van der Waals surface area contributed by atoms with Crippen molar-refractivity contribution >= 4 is 5.69 Å². The van der Waals surface area contributed by atoms with Gasteiger partial charge in [-0.3, -0.25) is 0 Å². The van der Waals surface area contributed by atoms with Crippen LogP contribution in [-0.2, 0) is 0 Å². The van der Waals surface area contributed by atoms with Gasteiger partial charge in [0.15, 0.2) is 0 Å². The van der Waals surface area contributed by atoms with Gasteiger partial charge in [0, 0.05) is 13.1 Å². The smallest absolute Gasteiger partial charge is 0.140 e. The molecule has 4 nitrogen and oxygen atoms in total. The Labute approximate surface area is 108 Å². The number of nitriles is 1. The molecule has 0 radical (unpaired) electrons. The summed E-state index contributed by atoms with van der Waals surface area (Å²) in [5.74, 6) is 0.569. The lowest BCUT2D eigenvalue weighted by molar-refractivity contribution is 0.306. The third kappa shape index (κ3) is 2.62. The number of hydrogen-bond donors (Lipinski definition) is 1. The molecule has 0 aliphatic heterocycles. The van der Waals surface area contributed by atoms with E-state index in [0.29, 0.717) is 17.7 Å². The minimum Gasteiger partial charge on any atom is -0.370 e. The maximum Gasteiger partial charge on any atom is 0.140 e. The number of anilines is 1. The van der Waals surface area contributed by atoms with Gasteiger partial charge >= 0.3 is 0 Å². The number of nitrogens with zero attached hydrogens (tertiary/aromatic N) is 3. The van der Waals surface area contributed by atoms with Crippen molar-refractivity contribution in [3.8, 4) is 6.07 Å². The first kappa shape index (κ1) is 12.8. The van der Waals surface area contributed by atoms with Gasteiger partial charge in [0.1, 0.15) is 11.8 Å². The fourth-order valence-corrected chi connectivity index (χ4v) is 2.83. The van der Waals surface area contributed by atoms with E-state index in [-0.39, 0.29) is 0 Å². The fourth-order valence-electron chi connectivity index (χ4n) is 2.83. The van der Waals surface area contributed by atoms with Crippen molar-refractivity contribution in [2.75, 3.05) is 18.5 Å². The zero-order valence-corrected chi connectivity index (χ0v) is 10.8. The predicted molar refractivity (Wildman–Crippen MR) is 72.2 cm³/mol. The molecule has 1 aliphatic carbocycles. The van der Waals surface area contributed by atoms with Crippen LogP contribution in [0, 0.1) is 17.2 Å². The van der Waals surface area contributed by atoms with Crippen LogP contribution >= 0.6 is 0 Å². The molecule has 0 saturated heterocycles. The molecule has 2 unspecified atom stereocenters. The first-order chi connectivity index (χ1) is 8.76. The zero-order valence-electron chi connectivity index (χ0n) is 10.8. The van der Waals surface area contributed by atoms with E-state index >= 15 is 0 Å². The molecule has 1 aromatic rings. The fraction of sp³-hybridized carbons (Fsp3) is 0.571. The van der Waals surface area contributed by atoms with Crippen molar-refractivity contribution in [1.29, 1.82) is 5.26 Å². The lowest BCUT2D eigenvalue weighted by Crippen LogP contribution is -2.43. The van der Waals surface area contributed by atoms with Gasteiger partial charge in [-0.1, -0.05) is 12.8 Å². The minimum atomic E-state index is 0.464. The Hall–Kier alpha value is -1.60. The van der Waals surface area contributed by atoms with Gasteiger partial charge in [0.2, 0.25) is 0 Å². The van der Waals surface area contributed by atoms with Crippen LogP contribution in [0.25, 0.3) is 0 Å². The van der Waals surface area contributed by atoms with Crippen LogP contribution in [0.1, 0.15) is 31.4 Å². The quantitative estimate of drug-likeness (QED) is 0.882. The molecule has 2 atom stereocenters. The van der Waals surface area contributed by atoms with E-state index in [1.165, 1.54) is 25.7 Å². The van der Waals surface area contributed by atoms with Crippen molar-refractivity contribution in [3.63, 3.8) is 0 Å². The number of nitrogens with two attached hydrogens (primary N) is 1. The molecule has 18 heavy (non-hydrogen) atoms. The third-order valence-electron chi connectivity index (χ3n) is 3.94. The highest BCUT2D eigenvalue weighted by Gasteiger charge is 2.27. The molecule has 1 saturated carbocycles. The standard InChI is InChI=1S/C14H20N4/c1-18(13-7-6-12(9-16)17-10-13)14-5-3-2-4-11(14)8-15/h6-7,10-11,14H,2-5,8,15H2,1H3. The highest BCUT2D eigenvalue weighted by Crippen LogP contribution is 2.29. The van der Waals surface area contributed by atoms with E-state index in [9.17, 15) is 0 Å². The van der Waals surface area contributed by atoms with Gasteiger partial charge in [-0.25, -0.2) is 4.98 Å². The molecule has 1 aromatic heterocycles. The summed E-state index contributed by atoms with van der Waals surface area (Å²) < 4.78 is 0. The van der Waals surface area contributed by atoms with Gasteiger partial charge in [0.05, 0.1) is 11.9 Å². The van der Waals surface area contributed by atoms with E-state index in [0.717, 1.165) is 12.2 Å². The third-order valence-corrected chi connectivity index (χ3v) is 3.94. The van der Waals surface area contributed by atoms with Gasteiger partial charge in [-0.2, -0.15) is 5.26 Å². The van der Waals surface area contributed by atoms with Gasteiger partial charge in [0.25, 0.3) is 0 Å². The van der Waals surface area contributed by atoms with Crippen molar-refractivity contribution in [3.05, 3.63) is 24.0 Å². The first-order valence-corrected chi connectivity index (χ1v) is 6.55. The summed E-state index contributed by atoms with van der Waals surface area (Å²) in [5.41, 5.74) is 7.40. The largest absolute Gasteiger partial charge is 0.370 e. The summed E-state index contributed by atoms with van der Waals surface area (Å²) in [7, 11) is 2.10. The summed E-state index contributed by atoms with van der Waals surface area (Å²) in [6, 6.07) is 6.28. The molecule has 0 bridgehead atoms. The number of aromatic nitrogens is 1. The second-order valence-electron chi connectivity index (χ2n) is 4.97. The van der Waals surface area contributed by atoms with Crippen molar-refractivity contribution in [2.24, 2.45) is 11.7 Å². The van der Waals surface area contributed by atoms with Crippen molar-refractivity contribution < 1.29 is 0 Å². The Bertz CT molecular complexity index is 420. The average molecular weight is 244 g/mol. The number of pyridine rings is 1. The van der Waals surface area contributed by atoms with E-state index < -0.39 is 0 Å². The summed E-state index contributed by atoms with van der Waals surface area (Å²) in [6.45, 7) is 0.749. The molecule has 1 heterocycles. The maximum atomic E-state index is 8.75. The van der Waals surface area contributed by atoms with Crippen molar-refractivity contribution in [2.45, 2.75) is 31.7 Å². The summed E-state index contributed by atoms with van der Waals surface area (Å²) >= 11 is 0. The summed E-state index contributed by atoms with van der Waals surface area (Å²) in [4.78, 5) is 6.40. The van der Waals surface area contributed by atoms with E-state index in [4.69, 9.17) is 11.0 Å². The van der Waals surface area contributed by atoms with Crippen LogP contribution in [0.4, 0.5) is 5.69 Å². The summed E-state index contributed by atoms with van der Waals surface area (Å²) in [5, 5.41) is 8.75. The van der Waals surface area contributed by atoms with Crippen LogP contribution in [0.15, 0.2) is 18.3 Å². The molecule has 0 amide bonds. The second-order valence-corrected chi connectivity index (χ2v) is 4.97. The Balaban J connectivity index is 2.13. The van der Waals surface area contributed by atoms with E-state index in [2.05, 4.69) is 16.9 Å². The molecule has 4 heteroatoms. The highest BCUT2D eigenvalue weighted by molar-refractivity contribution is 5.46. The number of hydrogen-bond acceptors (Lipinski definition) is 4. The highest BCUT2D eigenvalue weighted by atomic mass is 15.1. The topological polar surface area (TPSA) is 65.9 Å². The minimum absolute atomic E-state index is 0.464. The lowest BCUT2D eigenvalue weighted by atomic mass is 9.83. The van der Waals surface area contributed by atoms with Crippen LogP contribution in [-0.4, -0.2) is 24.6 Å². The normalized spacial score (nSPS) is 23.4. The SMILES string of the molecule is CN(c1ccc(C#N)nc1)C1CCCCC1CN. The molecular weight excluding hydrogens is 224 g/mol. The van der Waals surface area contributed by atoms with Gasteiger partial charge in [-0.15, -0.1) is 0 Å². The Morgan fingerprint density at radius 2 is 2.22 bits per heavy atom. The molecule has 0 aromatic carbocycles. The maximum absolute atomic E-state index is 8.75. The molecule has 0 spiro atoms.